The van der Waals surface area contributed by atoms with Crippen LogP contribution in [-0.4, -0.2) is 21.5 Å². The zero-order valence-electron chi connectivity index (χ0n) is 15.2. The van der Waals surface area contributed by atoms with Gasteiger partial charge >= 0.3 is 5.69 Å². The SMILES string of the molecule is C=c1[nH]c(=O)c(=Cc2ccc(OCCCCCCC)c([N+](=O)[O-])c2)c(=O)[nH]1. The van der Waals surface area contributed by atoms with Gasteiger partial charge in [0.2, 0.25) is 0 Å². The van der Waals surface area contributed by atoms with Gasteiger partial charge < -0.3 is 14.7 Å². The van der Waals surface area contributed by atoms with Crippen molar-refractivity contribution in [2.45, 2.75) is 39.0 Å². The Kier molecular flexibility index (Phi) is 7.10. The topological polar surface area (TPSA) is 118 Å². The van der Waals surface area contributed by atoms with E-state index in [9.17, 15) is 19.7 Å². The average Bonchev–Trinajstić information content (AvgIpc) is 2.61. The van der Waals surface area contributed by atoms with Gasteiger partial charge in [-0.1, -0.05) is 45.3 Å². The highest BCUT2D eigenvalue weighted by Crippen LogP contribution is 2.28. The van der Waals surface area contributed by atoms with Crippen LogP contribution in [0.25, 0.3) is 12.7 Å². The Morgan fingerprint density at radius 2 is 1.81 bits per heavy atom. The normalized spacial score (nSPS) is 10.6. The minimum atomic E-state index is -0.612. The number of aromatic amines is 2. The van der Waals surface area contributed by atoms with E-state index in [1.807, 2.05) is 0 Å². The van der Waals surface area contributed by atoms with Crippen molar-refractivity contribution in [3.05, 3.63) is 65.3 Å². The molecule has 8 heteroatoms. The molecule has 8 nitrogen and oxygen atoms in total. The van der Waals surface area contributed by atoms with Crippen molar-refractivity contribution >= 4 is 18.3 Å². The van der Waals surface area contributed by atoms with Crippen LogP contribution in [0.15, 0.2) is 27.8 Å². The summed E-state index contributed by atoms with van der Waals surface area (Å²) in [6.45, 7) is 5.99. The summed E-state index contributed by atoms with van der Waals surface area (Å²) in [7, 11) is 0. The molecule has 144 valence electrons. The fraction of sp³-hybridized carbons (Fsp3) is 0.368. The van der Waals surface area contributed by atoms with E-state index in [2.05, 4.69) is 23.5 Å². The number of nitrogens with one attached hydrogen (secondary N) is 2. The largest absolute Gasteiger partial charge is 0.487 e. The number of H-pyrrole nitrogens is 2. The molecule has 2 N–H and O–H groups in total. The molecule has 0 bridgehead atoms. The Hall–Kier alpha value is -3.16. The summed E-state index contributed by atoms with van der Waals surface area (Å²) in [5.74, 6) is 0.170. The molecule has 0 saturated heterocycles. The molecular formula is C19H23N3O5. The Labute approximate surface area is 155 Å². The monoisotopic (exact) mass is 373 g/mol. The first-order chi connectivity index (χ1) is 12.9. The van der Waals surface area contributed by atoms with Gasteiger partial charge in [0.1, 0.15) is 10.7 Å². The third kappa shape index (κ3) is 5.67. The highest BCUT2D eigenvalue weighted by Gasteiger charge is 2.15. The number of nitro benzene ring substituents is 1. The number of rotatable bonds is 9. The van der Waals surface area contributed by atoms with Crippen molar-refractivity contribution in [1.82, 2.24) is 9.97 Å². The maximum absolute atomic E-state index is 11.9. The van der Waals surface area contributed by atoms with Gasteiger partial charge in [0.25, 0.3) is 11.1 Å². The van der Waals surface area contributed by atoms with Crippen LogP contribution in [0.1, 0.15) is 44.6 Å². The number of nitrogens with zero attached hydrogens (tertiary/aromatic N) is 1. The maximum atomic E-state index is 11.9. The number of ether oxygens (including phenoxy) is 1. The summed E-state index contributed by atoms with van der Waals surface area (Å²) in [6, 6.07) is 4.33. The molecule has 0 spiro atoms. The van der Waals surface area contributed by atoms with E-state index in [-0.39, 0.29) is 22.1 Å². The smallest absolute Gasteiger partial charge is 0.311 e. The van der Waals surface area contributed by atoms with Crippen LogP contribution in [0.5, 0.6) is 5.75 Å². The summed E-state index contributed by atoms with van der Waals surface area (Å²) in [5.41, 5.74) is -0.989. The van der Waals surface area contributed by atoms with Crippen molar-refractivity contribution in [2.75, 3.05) is 6.61 Å². The van der Waals surface area contributed by atoms with Crippen LogP contribution < -0.4 is 26.6 Å². The summed E-state index contributed by atoms with van der Waals surface area (Å²) < 4.78 is 5.55. The van der Waals surface area contributed by atoms with E-state index in [0.717, 1.165) is 32.1 Å². The predicted molar refractivity (Wildman–Crippen MR) is 103 cm³/mol. The van der Waals surface area contributed by atoms with Crippen LogP contribution in [0.4, 0.5) is 5.69 Å². The van der Waals surface area contributed by atoms with Gasteiger partial charge in [-0.2, -0.15) is 0 Å². The van der Waals surface area contributed by atoms with Gasteiger partial charge in [0.15, 0.2) is 5.75 Å². The fourth-order valence-corrected chi connectivity index (χ4v) is 2.62. The molecule has 27 heavy (non-hydrogen) atoms. The van der Waals surface area contributed by atoms with Crippen LogP contribution in [-0.2, 0) is 0 Å². The van der Waals surface area contributed by atoms with Gasteiger partial charge in [-0.05, 0) is 24.1 Å². The predicted octanol–water partition coefficient (Wildman–Crippen LogP) is 1.56. The molecular weight excluding hydrogens is 350 g/mol. The third-order valence-electron chi connectivity index (χ3n) is 4.01. The molecule has 0 unspecified atom stereocenters. The quantitative estimate of drug-likeness (QED) is 0.393. The van der Waals surface area contributed by atoms with Crippen molar-refractivity contribution in [3.8, 4) is 5.75 Å². The molecule has 2 aromatic rings. The molecule has 2 rings (SSSR count). The van der Waals surface area contributed by atoms with Crippen LogP contribution in [0.3, 0.4) is 0 Å². The first-order valence-corrected chi connectivity index (χ1v) is 8.87. The van der Waals surface area contributed by atoms with Gasteiger partial charge in [-0.3, -0.25) is 19.7 Å². The zero-order valence-corrected chi connectivity index (χ0v) is 15.2. The molecule has 0 aliphatic carbocycles. The maximum Gasteiger partial charge on any atom is 0.311 e. The Bertz CT molecular complexity index is 986. The first kappa shape index (κ1) is 20.2. The van der Waals surface area contributed by atoms with Crippen molar-refractivity contribution in [2.24, 2.45) is 0 Å². The average molecular weight is 373 g/mol. The van der Waals surface area contributed by atoms with Gasteiger partial charge in [-0.15, -0.1) is 0 Å². The van der Waals surface area contributed by atoms with Gasteiger partial charge in [0.05, 0.1) is 11.5 Å². The summed E-state index contributed by atoms with van der Waals surface area (Å²) in [4.78, 5) is 39.4. The second-order valence-corrected chi connectivity index (χ2v) is 6.19. The molecule has 1 aromatic heterocycles. The van der Waals surface area contributed by atoms with E-state index in [0.29, 0.717) is 12.2 Å². The lowest BCUT2D eigenvalue weighted by atomic mass is 10.1. The fourth-order valence-electron chi connectivity index (χ4n) is 2.62. The zero-order chi connectivity index (χ0) is 19.8. The number of benzene rings is 1. The summed E-state index contributed by atoms with van der Waals surface area (Å²) in [5, 5.41) is 11.2. The molecule has 1 heterocycles. The molecule has 1 aromatic carbocycles. The molecule has 0 amide bonds. The molecule has 0 fully saturated rings. The standard InChI is InChI=1S/C19H23N3O5/c1-3-4-5-6-7-10-27-17-9-8-14(12-16(17)22(25)26)11-15-18(23)20-13(2)21-19(15)24/h8-9,11-12H,2-7,10H2,1H3,(H,20,23)(H,21,24). The van der Waals surface area contributed by atoms with E-state index >= 15 is 0 Å². The Balaban J connectivity index is 2.24. The summed E-state index contributed by atoms with van der Waals surface area (Å²) in [6.07, 6.45) is 6.56. The molecule has 0 atom stereocenters. The number of hydrogen-bond acceptors (Lipinski definition) is 5. The number of unbranched alkanes of at least 4 members (excludes halogenated alkanes) is 4. The van der Waals surface area contributed by atoms with Crippen LogP contribution in [0, 0.1) is 10.1 Å². The number of nitro groups is 1. The van der Waals surface area contributed by atoms with E-state index in [1.54, 1.807) is 6.07 Å². The van der Waals surface area contributed by atoms with E-state index in [4.69, 9.17) is 4.74 Å². The van der Waals surface area contributed by atoms with Crippen LogP contribution in [0.2, 0.25) is 0 Å². The third-order valence-corrected chi connectivity index (χ3v) is 4.01. The second-order valence-electron chi connectivity index (χ2n) is 6.19. The first-order valence-electron chi connectivity index (χ1n) is 8.87. The number of hydrogen-bond donors (Lipinski definition) is 2. The highest BCUT2D eigenvalue weighted by atomic mass is 16.6. The van der Waals surface area contributed by atoms with Gasteiger partial charge in [-0.25, -0.2) is 0 Å². The molecule has 0 aliphatic rings. The lowest BCUT2D eigenvalue weighted by Crippen LogP contribution is -2.47. The van der Waals surface area contributed by atoms with Crippen molar-refractivity contribution in [1.29, 1.82) is 0 Å². The van der Waals surface area contributed by atoms with E-state index < -0.39 is 16.0 Å². The highest BCUT2D eigenvalue weighted by molar-refractivity contribution is 5.58. The minimum Gasteiger partial charge on any atom is -0.487 e. The van der Waals surface area contributed by atoms with Crippen LogP contribution >= 0.6 is 0 Å². The van der Waals surface area contributed by atoms with Crippen molar-refractivity contribution < 1.29 is 9.66 Å². The molecule has 0 aliphatic heterocycles. The summed E-state index contributed by atoms with van der Waals surface area (Å²) >= 11 is 0. The van der Waals surface area contributed by atoms with Crippen molar-refractivity contribution in [3.63, 3.8) is 0 Å². The number of aromatic nitrogens is 2. The van der Waals surface area contributed by atoms with E-state index in [1.165, 1.54) is 18.2 Å². The Morgan fingerprint density at radius 3 is 2.44 bits per heavy atom. The second kappa shape index (κ2) is 9.51. The lowest BCUT2D eigenvalue weighted by molar-refractivity contribution is -0.385. The minimum absolute atomic E-state index is 0.0933. The molecule has 0 saturated carbocycles. The lowest BCUT2D eigenvalue weighted by Gasteiger charge is -2.07. The van der Waals surface area contributed by atoms with Gasteiger partial charge in [0, 0.05) is 6.07 Å². The molecule has 0 radical (unpaired) electrons. The Morgan fingerprint density at radius 1 is 1.15 bits per heavy atom.